The zero-order chi connectivity index (χ0) is 11.5. The molecule has 0 radical (unpaired) electrons. The minimum absolute atomic E-state index is 0.301. The highest BCUT2D eigenvalue weighted by Crippen LogP contribution is 2.19. The second-order valence-electron chi connectivity index (χ2n) is 3.20. The molecule has 0 saturated heterocycles. The highest BCUT2D eigenvalue weighted by molar-refractivity contribution is 7.71. The van der Waals surface area contributed by atoms with E-state index in [1.54, 1.807) is 13.0 Å². The third-order valence-electron chi connectivity index (χ3n) is 2.18. The van der Waals surface area contributed by atoms with Crippen molar-refractivity contribution in [3.63, 3.8) is 0 Å². The number of para-hydroxylation sites is 1. The average Bonchev–Trinajstić information content (AvgIpc) is 2.30. The normalized spacial score (nSPS) is 10.3. The summed E-state index contributed by atoms with van der Waals surface area (Å²) < 4.78 is 10.7. The van der Waals surface area contributed by atoms with Gasteiger partial charge >= 0.3 is 5.97 Å². The first-order valence-corrected chi connectivity index (χ1v) is 5.32. The Kier molecular flexibility index (Phi) is 3.01. The summed E-state index contributed by atoms with van der Waals surface area (Å²) in [5.41, 5.74) is 0.969. The van der Waals surface area contributed by atoms with E-state index in [0.29, 0.717) is 22.3 Å². The summed E-state index contributed by atoms with van der Waals surface area (Å²) in [5, 5.41) is 0.753. The molecule has 3 nitrogen and oxygen atoms in total. The fourth-order valence-corrected chi connectivity index (χ4v) is 1.73. The predicted molar refractivity (Wildman–Crippen MR) is 63.0 cm³/mol. The molecule has 0 amide bonds. The van der Waals surface area contributed by atoms with E-state index in [4.69, 9.17) is 21.4 Å². The molecule has 0 aliphatic carbocycles. The third-order valence-corrected chi connectivity index (χ3v) is 2.62. The zero-order valence-electron chi connectivity index (χ0n) is 8.73. The third kappa shape index (κ3) is 1.84. The van der Waals surface area contributed by atoms with Crippen molar-refractivity contribution in [1.29, 1.82) is 0 Å². The Labute approximate surface area is 97.6 Å². The largest absolute Gasteiger partial charge is 0.463 e. The molecular formula is C12H10O3S. The number of rotatable bonds is 2. The van der Waals surface area contributed by atoms with Gasteiger partial charge in [0, 0.05) is 5.39 Å². The molecule has 16 heavy (non-hydrogen) atoms. The van der Waals surface area contributed by atoms with Crippen LogP contribution >= 0.6 is 12.2 Å². The van der Waals surface area contributed by atoms with Crippen LogP contribution in [0.25, 0.3) is 11.0 Å². The first kappa shape index (κ1) is 10.8. The minimum Gasteiger partial charge on any atom is -0.463 e. The van der Waals surface area contributed by atoms with Crippen LogP contribution in [0.1, 0.15) is 17.3 Å². The maximum absolute atomic E-state index is 11.6. The van der Waals surface area contributed by atoms with Crippen molar-refractivity contribution < 1.29 is 13.9 Å². The van der Waals surface area contributed by atoms with Gasteiger partial charge in [-0.05, 0) is 19.1 Å². The molecule has 0 spiro atoms. The molecule has 4 heteroatoms. The Morgan fingerprint density at radius 2 is 2.19 bits per heavy atom. The van der Waals surface area contributed by atoms with Crippen LogP contribution in [0.3, 0.4) is 0 Å². The van der Waals surface area contributed by atoms with Gasteiger partial charge in [0.2, 0.25) is 0 Å². The number of hydrogen-bond donors (Lipinski definition) is 0. The topological polar surface area (TPSA) is 39.4 Å². The molecule has 2 aromatic rings. The highest BCUT2D eigenvalue weighted by Gasteiger charge is 2.11. The summed E-state index contributed by atoms with van der Waals surface area (Å²) >= 11 is 5.22. The molecule has 0 aliphatic rings. The molecule has 0 fully saturated rings. The Hall–Kier alpha value is -1.68. The molecule has 1 aromatic carbocycles. The van der Waals surface area contributed by atoms with Crippen molar-refractivity contribution in [3.05, 3.63) is 40.6 Å². The maximum Gasteiger partial charge on any atom is 0.342 e. The smallest absolute Gasteiger partial charge is 0.342 e. The van der Waals surface area contributed by atoms with Crippen LogP contribution in [0.5, 0.6) is 0 Å². The molecular weight excluding hydrogens is 224 g/mol. The van der Waals surface area contributed by atoms with Gasteiger partial charge in [0.25, 0.3) is 0 Å². The first-order valence-electron chi connectivity index (χ1n) is 4.91. The van der Waals surface area contributed by atoms with Gasteiger partial charge in [-0.1, -0.05) is 24.4 Å². The van der Waals surface area contributed by atoms with E-state index in [1.807, 2.05) is 18.2 Å². The number of esters is 1. The monoisotopic (exact) mass is 234 g/mol. The molecule has 0 aliphatic heterocycles. The zero-order valence-corrected chi connectivity index (χ0v) is 9.54. The van der Waals surface area contributed by atoms with Crippen molar-refractivity contribution >= 4 is 29.2 Å². The predicted octanol–water partition coefficient (Wildman–Crippen LogP) is 3.34. The molecule has 1 aromatic heterocycles. The van der Waals surface area contributed by atoms with Gasteiger partial charge in [-0.3, -0.25) is 0 Å². The summed E-state index contributed by atoms with van der Waals surface area (Å²) in [4.78, 5) is 11.6. The Morgan fingerprint density at radius 3 is 2.94 bits per heavy atom. The van der Waals surface area contributed by atoms with Gasteiger partial charge in [-0.25, -0.2) is 4.79 Å². The molecule has 1 heterocycles. The lowest BCUT2D eigenvalue weighted by atomic mass is 10.2. The van der Waals surface area contributed by atoms with E-state index in [-0.39, 0.29) is 0 Å². The highest BCUT2D eigenvalue weighted by atomic mass is 32.1. The maximum atomic E-state index is 11.6. The van der Waals surface area contributed by atoms with E-state index in [0.717, 1.165) is 5.39 Å². The van der Waals surface area contributed by atoms with Gasteiger partial charge < -0.3 is 9.15 Å². The molecule has 0 bridgehead atoms. The number of fused-ring (bicyclic) bond motifs is 1. The summed E-state index contributed by atoms with van der Waals surface area (Å²) in [6.07, 6.45) is 1.35. The second-order valence-corrected chi connectivity index (χ2v) is 3.60. The number of ether oxygens (including phenoxy) is 1. The van der Waals surface area contributed by atoms with Crippen LogP contribution < -0.4 is 0 Å². The van der Waals surface area contributed by atoms with E-state index >= 15 is 0 Å². The van der Waals surface area contributed by atoms with Crippen LogP contribution in [0.2, 0.25) is 0 Å². The molecule has 0 N–H and O–H groups in total. The van der Waals surface area contributed by atoms with Crippen molar-refractivity contribution in [3.8, 4) is 0 Å². The van der Waals surface area contributed by atoms with E-state index < -0.39 is 5.97 Å². The molecule has 0 unspecified atom stereocenters. The Bertz CT molecular complexity index is 586. The minimum atomic E-state index is -0.443. The number of benzene rings is 1. The van der Waals surface area contributed by atoms with E-state index in [1.165, 1.54) is 6.26 Å². The number of carbonyl (C=O) groups is 1. The number of carbonyl (C=O) groups excluding carboxylic acids is 1. The van der Waals surface area contributed by atoms with Gasteiger partial charge in [-0.15, -0.1) is 0 Å². The lowest BCUT2D eigenvalue weighted by molar-refractivity contribution is 0.0523. The van der Waals surface area contributed by atoms with Gasteiger partial charge in [0.1, 0.15) is 17.4 Å². The summed E-state index contributed by atoms with van der Waals surface area (Å²) in [6, 6.07) is 7.33. The average molecular weight is 234 g/mol. The van der Waals surface area contributed by atoms with Gasteiger partial charge in [0.05, 0.1) is 11.1 Å². The lowest BCUT2D eigenvalue weighted by Gasteiger charge is -2.03. The van der Waals surface area contributed by atoms with Crippen LogP contribution in [0.15, 0.2) is 34.9 Å². The Morgan fingerprint density at radius 1 is 1.44 bits per heavy atom. The van der Waals surface area contributed by atoms with Crippen molar-refractivity contribution in [2.75, 3.05) is 6.61 Å². The summed E-state index contributed by atoms with van der Waals surface area (Å²) in [6.45, 7) is 2.07. The van der Waals surface area contributed by atoms with Crippen LogP contribution in [0, 0.1) is 4.51 Å². The molecule has 2 rings (SSSR count). The molecule has 0 saturated carbocycles. The SMILES string of the molecule is CCOC(=O)c1coc2ccccc2c1=S. The standard InChI is InChI=1S/C12H10O3S/c1-2-14-12(13)9-7-15-10-6-4-3-5-8(10)11(9)16/h3-7H,2H2,1H3. The summed E-state index contributed by atoms with van der Waals surface area (Å²) in [5.74, 6) is -0.443. The first-order chi connectivity index (χ1) is 7.74. The fraction of sp³-hybridized carbons (Fsp3) is 0.167. The van der Waals surface area contributed by atoms with Crippen LogP contribution in [-0.2, 0) is 4.74 Å². The van der Waals surface area contributed by atoms with Crippen LogP contribution in [-0.4, -0.2) is 12.6 Å². The Balaban J connectivity index is 2.61. The van der Waals surface area contributed by atoms with E-state index in [2.05, 4.69) is 0 Å². The molecule has 0 atom stereocenters. The fourth-order valence-electron chi connectivity index (χ4n) is 1.43. The van der Waals surface area contributed by atoms with Crippen molar-refractivity contribution in [2.45, 2.75) is 6.92 Å². The number of hydrogen-bond acceptors (Lipinski definition) is 4. The quantitative estimate of drug-likeness (QED) is 0.590. The van der Waals surface area contributed by atoms with Gasteiger partial charge in [0.15, 0.2) is 0 Å². The van der Waals surface area contributed by atoms with Crippen LogP contribution in [0.4, 0.5) is 0 Å². The van der Waals surface area contributed by atoms with E-state index in [9.17, 15) is 4.79 Å². The summed E-state index contributed by atoms with van der Waals surface area (Å²) in [7, 11) is 0. The second kappa shape index (κ2) is 4.45. The van der Waals surface area contributed by atoms with Crippen molar-refractivity contribution in [1.82, 2.24) is 0 Å². The van der Waals surface area contributed by atoms with Gasteiger partial charge in [-0.2, -0.15) is 0 Å². The van der Waals surface area contributed by atoms with Crippen molar-refractivity contribution in [2.24, 2.45) is 0 Å². The lowest BCUT2D eigenvalue weighted by Crippen LogP contribution is -2.05. The molecule has 82 valence electrons.